The summed E-state index contributed by atoms with van der Waals surface area (Å²) >= 11 is 0. The molecule has 0 N–H and O–H groups in total. The van der Waals surface area contributed by atoms with Crippen LogP contribution < -0.4 is 4.90 Å². The van der Waals surface area contributed by atoms with Crippen LogP contribution in [0.2, 0.25) is 0 Å². The first-order valence-corrected chi connectivity index (χ1v) is 8.97. The quantitative estimate of drug-likeness (QED) is 0.749. The molecule has 0 fully saturated rings. The topological polar surface area (TPSA) is 18.8 Å². The molecule has 0 heterocycles. The van der Waals surface area contributed by atoms with Crippen LogP contribution in [0.1, 0.15) is 31.4 Å². The SMILES string of the molecule is C=C1C=C(N(C)C)C=C(CC)/C1=N/c1c(C)cc(N(C)C)cc1CC. The Morgan fingerprint density at radius 2 is 1.64 bits per heavy atom. The van der Waals surface area contributed by atoms with Gasteiger partial charge in [-0.1, -0.05) is 20.4 Å². The van der Waals surface area contributed by atoms with Crippen LogP contribution in [0.5, 0.6) is 0 Å². The largest absolute Gasteiger partial charge is 0.378 e. The van der Waals surface area contributed by atoms with Crippen molar-refractivity contribution in [3.63, 3.8) is 0 Å². The monoisotopic (exact) mass is 337 g/mol. The van der Waals surface area contributed by atoms with E-state index in [4.69, 9.17) is 4.99 Å². The van der Waals surface area contributed by atoms with E-state index in [1.165, 1.54) is 28.1 Å². The standard InChI is InChI=1S/C22H31N3/c1-9-17-13-19(24(5)6)11-15(3)21(17)23-22-16(4)12-20(25(7)8)14-18(22)10-2/h11-14H,3,9-10H2,1-2,4-8H3/b23-21+. The number of anilines is 1. The number of rotatable bonds is 5. The van der Waals surface area contributed by atoms with E-state index >= 15 is 0 Å². The molecule has 0 bridgehead atoms. The molecule has 25 heavy (non-hydrogen) atoms. The Kier molecular flexibility index (Phi) is 5.89. The van der Waals surface area contributed by atoms with Gasteiger partial charge in [0.05, 0.1) is 11.4 Å². The minimum atomic E-state index is 0.944. The van der Waals surface area contributed by atoms with E-state index in [2.05, 4.69) is 89.6 Å². The molecule has 0 spiro atoms. The molecule has 0 saturated carbocycles. The van der Waals surface area contributed by atoms with Crippen molar-refractivity contribution in [1.29, 1.82) is 0 Å². The normalized spacial score (nSPS) is 16.0. The van der Waals surface area contributed by atoms with E-state index in [-0.39, 0.29) is 0 Å². The van der Waals surface area contributed by atoms with Crippen LogP contribution in [0.3, 0.4) is 0 Å². The zero-order valence-corrected chi connectivity index (χ0v) is 16.8. The van der Waals surface area contributed by atoms with Gasteiger partial charge in [0.15, 0.2) is 0 Å². The molecule has 0 amide bonds. The van der Waals surface area contributed by atoms with Gasteiger partial charge in [0.1, 0.15) is 0 Å². The van der Waals surface area contributed by atoms with Crippen LogP contribution in [0, 0.1) is 6.92 Å². The first-order chi connectivity index (χ1) is 11.8. The van der Waals surface area contributed by atoms with Crippen LogP contribution in [0.25, 0.3) is 0 Å². The Hall–Kier alpha value is -2.29. The molecule has 1 aromatic rings. The smallest absolute Gasteiger partial charge is 0.0736 e. The highest BCUT2D eigenvalue weighted by atomic mass is 15.1. The van der Waals surface area contributed by atoms with E-state index < -0.39 is 0 Å². The van der Waals surface area contributed by atoms with Gasteiger partial charge >= 0.3 is 0 Å². The molecule has 134 valence electrons. The number of likely N-dealkylation sites (N-methyl/N-ethyl adjacent to an activating group) is 1. The zero-order chi connectivity index (χ0) is 18.7. The molecule has 0 radical (unpaired) electrons. The van der Waals surface area contributed by atoms with Crippen LogP contribution in [0.4, 0.5) is 11.4 Å². The number of allylic oxidation sites excluding steroid dienone is 4. The first kappa shape index (κ1) is 19.0. The predicted molar refractivity (Wildman–Crippen MR) is 111 cm³/mol. The third kappa shape index (κ3) is 4.04. The van der Waals surface area contributed by atoms with E-state index in [0.29, 0.717) is 0 Å². The Morgan fingerprint density at radius 3 is 2.16 bits per heavy atom. The molecule has 1 aliphatic carbocycles. The molecule has 0 aromatic heterocycles. The molecule has 0 saturated heterocycles. The van der Waals surface area contributed by atoms with Crippen LogP contribution in [-0.4, -0.2) is 38.8 Å². The first-order valence-electron chi connectivity index (χ1n) is 8.97. The van der Waals surface area contributed by atoms with Gasteiger partial charge in [0.25, 0.3) is 0 Å². The second-order valence-corrected chi connectivity index (χ2v) is 6.99. The molecule has 3 heteroatoms. The van der Waals surface area contributed by atoms with Crippen molar-refractivity contribution in [3.05, 3.63) is 58.8 Å². The third-order valence-electron chi connectivity index (χ3n) is 4.63. The highest BCUT2D eigenvalue weighted by Gasteiger charge is 2.17. The Bertz CT molecular complexity index is 762. The highest BCUT2D eigenvalue weighted by molar-refractivity contribution is 6.16. The van der Waals surface area contributed by atoms with Crippen molar-refractivity contribution in [3.8, 4) is 0 Å². The lowest BCUT2D eigenvalue weighted by Crippen LogP contribution is -2.17. The fraction of sp³-hybridized carbons (Fsp3) is 0.409. The molecule has 1 aliphatic rings. The summed E-state index contributed by atoms with van der Waals surface area (Å²) in [6.07, 6.45) is 6.25. The highest BCUT2D eigenvalue weighted by Crippen LogP contribution is 2.33. The van der Waals surface area contributed by atoms with Crippen molar-refractivity contribution in [2.45, 2.75) is 33.6 Å². The minimum absolute atomic E-state index is 0.944. The van der Waals surface area contributed by atoms with Gasteiger partial charge in [-0.15, -0.1) is 0 Å². The second kappa shape index (κ2) is 7.73. The zero-order valence-electron chi connectivity index (χ0n) is 16.8. The van der Waals surface area contributed by atoms with E-state index in [1.807, 2.05) is 0 Å². The fourth-order valence-corrected chi connectivity index (χ4v) is 3.04. The van der Waals surface area contributed by atoms with Crippen LogP contribution in [0.15, 0.2) is 52.7 Å². The van der Waals surface area contributed by atoms with Crippen molar-refractivity contribution >= 4 is 17.1 Å². The third-order valence-corrected chi connectivity index (χ3v) is 4.63. The molecule has 1 aromatic carbocycles. The number of benzene rings is 1. The van der Waals surface area contributed by atoms with Crippen LogP contribution in [-0.2, 0) is 6.42 Å². The maximum Gasteiger partial charge on any atom is 0.0736 e. The second-order valence-electron chi connectivity index (χ2n) is 6.99. The average molecular weight is 338 g/mol. The summed E-state index contributed by atoms with van der Waals surface area (Å²) in [5, 5.41) is 0. The van der Waals surface area contributed by atoms with Gasteiger partial charge in [-0.05, 0) is 66.3 Å². The lowest BCUT2D eigenvalue weighted by atomic mass is 9.93. The van der Waals surface area contributed by atoms with E-state index in [1.54, 1.807) is 0 Å². The van der Waals surface area contributed by atoms with Crippen LogP contribution >= 0.6 is 0 Å². The number of aryl methyl sites for hydroxylation is 2. The molecular weight excluding hydrogens is 306 g/mol. The molecule has 0 aliphatic heterocycles. The Morgan fingerprint density at radius 1 is 0.960 bits per heavy atom. The van der Waals surface area contributed by atoms with Crippen molar-refractivity contribution in [2.75, 3.05) is 33.1 Å². The molecule has 3 nitrogen and oxygen atoms in total. The van der Waals surface area contributed by atoms with Gasteiger partial charge in [-0.25, -0.2) is 4.99 Å². The summed E-state index contributed by atoms with van der Waals surface area (Å²) in [4.78, 5) is 9.35. The summed E-state index contributed by atoms with van der Waals surface area (Å²) in [5.74, 6) is 0. The van der Waals surface area contributed by atoms with Crippen molar-refractivity contribution in [2.24, 2.45) is 4.99 Å². The Balaban J connectivity index is 2.57. The maximum atomic E-state index is 5.08. The number of nitrogens with zero attached hydrogens (tertiary/aromatic N) is 3. The molecule has 0 atom stereocenters. The number of aliphatic imine (C=N–C) groups is 1. The fourth-order valence-electron chi connectivity index (χ4n) is 3.04. The summed E-state index contributed by atoms with van der Waals surface area (Å²) in [7, 11) is 8.27. The van der Waals surface area contributed by atoms with Gasteiger partial charge < -0.3 is 9.80 Å². The van der Waals surface area contributed by atoms with Gasteiger partial charge in [-0.2, -0.15) is 0 Å². The lowest BCUT2D eigenvalue weighted by Gasteiger charge is -2.23. The summed E-state index contributed by atoms with van der Waals surface area (Å²) < 4.78 is 0. The summed E-state index contributed by atoms with van der Waals surface area (Å²) in [6.45, 7) is 10.8. The average Bonchev–Trinajstić information content (AvgIpc) is 2.56. The molecule has 2 rings (SSSR count). The van der Waals surface area contributed by atoms with Crippen molar-refractivity contribution < 1.29 is 0 Å². The van der Waals surface area contributed by atoms with E-state index in [0.717, 1.165) is 29.8 Å². The lowest BCUT2D eigenvalue weighted by molar-refractivity contribution is 0.528. The Labute approximate surface area is 153 Å². The maximum absolute atomic E-state index is 5.08. The summed E-state index contributed by atoms with van der Waals surface area (Å²) in [6, 6.07) is 4.45. The van der Waals surface area contributed by atoms with E-state index in [9.17, 15) is 0 Å². The van der Waals surface area contributed by atoms with Gasteiger partial charge in [-0.3, -0.25) is 0 Å². The molecular formula is C22H31N3. The van der Waals surface area contributed by atoms with Gasteiger partial charge in [0, 0.05) is 39.6 Å². The van der Waals surface area contributed by atoms with Crippen molar-refractivity contribution in [1.82, 2.24) is 4.90 Å². The molecule has 0 unspecified atom stereocenters. The minimum Gasteiger partial charge on any atom is -0.378 e. The number of hydrogen-bond acceptors (Lipinski definition) is 3. The predicted octanol–water partition coefficient (Wildman–Crippen LogP) is 5.05. The number of hydrogen-bond donors (Lipinski definition) is 0. The summed E-state index contributed by atoms with van der Waals surface area (Å²) in [5.41, 5.74) is 9.23. The van der Waals surface area contributed by atoms with Gasteiger partial charge in [0.2, 0.25) is 0 Å².